The molecule has 0 spiro atoms. The van der Waals surface area contributed by atoms with Gasteiger partial charge in [0.2, 0.25) is 11.9 Å². The van der Waals surface area contributed by atoms with Crippen LogP contribution in [0.4, 0.5) is 29.0 Å². The molecule has 20 rings (SSSR count). The molecule has 105 heavy (non-hydrogen) atoms. The van der Waals surface area contributed by atoms with Crippen LogP contribution in [0.15, 0.2) is 368 Å². The Balaban J connectivity index is 0.000000124. The second-order valence-electron chi connectivity index (χ2n) is 25.3. The zero-order chi connectivity index (χ0) is 70.0. The van der Waals surface area contributed by atoms with Gasteiger partial charge in [-0.25, -0.2) is 39.9 Å². The minimum atomic E-state index is 0.610. The second-order valence-corrected chi connectivity index (χ2v) is 26.3. The molecule has 12 nitrogen and oxygen atoms in total. The average molecular weight is 1410 g/mol. The molecule has 4 aromatic heterocycles. The lowest BCUT2D eigenvalue weighted by atomic mass is 10.0. The van der Waals surface area contributed by atoms with Gasteiger partial charge in [0.25, 0.3) is 0 Å². The van der Waals surface area contributed by atoms with Crippen LogP contribution >= 0.6 is 15.9 Å². The van der Waals surface area contributed by atoms with E-state index in [9.17, 15) is 0 Å². The molecule has 0 saturated carbocycles. The van der Waals surface area contributed by atoms with Crippen molar-refractivity contribution in [2.75, 3.05) is 10.2 Å². The van der Waals surface area contributed by atoms with Gasteiger partial charge >= 0.3 is 0 Å². The molecule has 2 aliphatic heterocycles. The van der Waals surface area contributed by atoms with Gasteiger partial charge in [-0.05, 0) is 107 Å². The number of halogens is 1. The van der Waals surface area contributed by atoms with E-state index < -0.39 is 0 Å². The third-order valence-electron chi connectivity index (χ3n) is 18.8. The van der Waals surface area contributed by atoms with Gasteiger partial charge in [-0.2, -0.15) is 0 Å². The maximum absolute atomic E-state index is 5.22. The molecule has 0 amide bonds. The van der Waals surface area contributed by atoms with Gasteiger partial charge in [-0.15, -0.1) is 0 Å². The van der Waals surface area contributed by atoms with Crippen LogP contribution in [0.5, 0.6) is 0 Å². The Bertz CT molecular complexity index is 6170. The highest BCUT2D eigenvalue weighted by Gasteiger charge is 2.30. The van der Waals surface area contributed by atoms with Crippen molar-refractivity contribution in [3.63, 3.8) is 0 Å². The second kappa shape index (κ2) is 27.9. The Morgan fingerprint density at radius 2 is 0.533 bits per heavy atom. The third-order valence-corrected chi connectivity index (χ3v) is 19.3. The summed E-state index contributed by atoms with van der Waals surface area (Å²) in [5.74, 6) is 5.53. The van der Waals surface area contributed by atoms with Gasteiger partial charge in [-0.3, -0.25) is 14.0 Å². The molecule has 0 radical (unpaired) electrons. The van der Waals surface area contributed by atoms with E-state index in [1.54, 1.807) is 0 Å². The van der Waals surface area contributed by atoms with E-state index >= 15 is 0 Å². The Kier molecular flexibility index (Phi) is 16.8. The molecule has 14 aromatic carbocycles. The van der Waals surface area contributed by atoms with Crippen LogP contribution in [-0.4, -0.2) is 49.0 Å². The molecule has 0 fully saturated rings. The summed E-state index contributed by atoms with van der Waals surface area (Å²) < 4.78 is 5.49. The fourth-order valence-electron chi connectivity index (χ4n) is 13.7. The molecule has 0 aliphatic carbocycles. The predicted molar refractivity (Wildman–Crippen MR) is 429 cm³/mol. The van der Waals surface area contributed by atoms with Crippen molar-refractivity contribution in [1.82, 2.24) is 49.0 Å². The van der Waals surface area contributed by atoms with E-state index in [0.717, 1.165) is 123 Å². The summed E-state index contributed by atoms with van der Waals surface area (Å²) in [4.78, 5) is 41.6. The van der Waals surface area contributed by atoms with Crippen molar-refractivity contribution in [3.8, 4) is 124 Å². The normalized spacial score (nSPS) is 11.5. The minimum absolute atomic E-state index is 0.610. The van der Waals surface area contributed by atoms with E-state index in [-0.39, 0.29) is 0 Å². The highest BCUT2D eigenvalue weighted by molar-refractivity contribution is 9.10. The summed E-state index contributed by atoms with van der Waals surface area (Å²) in [5, 5.41) is 3.49. The summed E-state index contributed by atoms with van der Waals surface area (Å²) in [6.07, 6.45) is 0. The third kappa shape index (κ3) is 12.6. The molecular formula is C92H61BrN12. The first kappa shape index (κ1) is 63.3. The number of fused-ring (bicyclic) bond motifs is 14. The number of nitrogens with zero attached hydrogens (tertiary/aromatic N) is 11. The average Bonchev–Trinajstić information content (AvgIpc) is 1.53. The highest BCUT2D eigenvalue weighted by atomic mass is 79.9. The number of aromatic nitrogens is 10. The molecule has 1 N–H and O–H groups in total. The summed E-state index contributed by atoms with van der Waals surface area (Å²) in [6, 6.07) is 125. The van der Waals surface area contributed by atoms with Crippen LogP contribution in [0.1, 0.15) is 0 Å². The van der Waals surface area contributed by atoms with Gasteiger partial charge in [0.15, 0.2) is 34.9 Å². The monoisotopic (exact) mass is 1410 g/mol. The van der Waals surface area contributed by atoms with Crippen LogP contribution in [-0.2, 0) is 0 Å². The van der Waals surface area contributed by atoms with Crippen LogP contribution in [0.2, 0.25) is 0 Å². The molecular weight excluding hydrogens is 1350 g/mol. The van der Waals surface area contributed by atoms with E-state index in [0.29, 0.717) is 34.9 Å². The van der Waals surface area contributed by atoms with Crippen LogP contribution in [0.3, 0.4) is 0 Å². The molecule has 18 aromatic rings. The molecule has 0 bridgehead atoms. The minimum Gasteiger partial charge on any atom is -0.325 e. The zero-order valence-electron chi connectivity index (χ0n) is 56.4. The molecule has 0 atom stereocenters. The van der Waals surface area contributed by atoms with Crippen molar-refractivity contribution in [3.05, 3.63) is 368 Å². The fraction of sp³-hybridized carbons (Fsp3) is 0. The van der Waals surface area contributed by atoms with Crippen molar-refractivity contribution in [2.24, 2.45) is 0 Å². The molecule has 2 aliphatic rings. The Morgan fingerprint density at radius 3 is 1.01 bits per heavy atom. The number of hydrogen-bond donors (Lipinski definition) is 1. The lowest BCUT2D eigenvalue weighted by molar-refractivity contribution is 1.05. The summed E-state index contributed by atoms with van der Waals surface area (Å²) >= 11 is 3.49. The van der Waals surface area contributed by atoms with E-state index in [2.05, 4.69) is 266 Å². The van der Waals surface area contributed by atoms with Gasteiger partial charge < -0.3 is 5.32 Å². The maximum Gasteiger partial charge on any atom is 0.220 e. The fourth-order valence-corrected chi connectivity index (χ4v) is 14.0. The highest BCUT2D eigenvalue weighted by Crippen LogP contribution is 2.48. The molecule has 0 unspecified atom stereocenters. The van der Waals surface area contributed by atoms with Gasteiger partial charge in [0.05, 0.1) is 39.1 Å². The lowest BCUT2D eigenvalue weighted by Crippen LogP contribution is -2.14. The molecule has 6 heterocycles. The largest absolute Gasteiger partial charge is 0.325 e. The van der Waals surface area contributed by atoms with Crippen LogP contribution in [0, 0.1) is 0 Å². The Labute approximate surface area is 614 Å². The number of nitrogens with one attached hydrogen (secondary N) is 1. The van der Waals surface area contributed by atoms with E-state index in [4.69, 9.17) is 39.9 Å². The van der Waals surface area contributed by atoms with Crippen molar-refractivity contribution < 1.29 is 0 Å². The molecule has 13 heteroatoms. The number of anilines is 5. The molecule has 0 saturated heterocycles. The van der Waals surface area contributed by atoms with Crippen molar-refractivity contribution in [2.45, 2.75) is 0 Å². The number of para-hydroxylation sites is 8. The Hall–Kier alpha value is -13.9. The van der Waals surface area contributed by atoms with Crippen molar-refractivity contribution >= 4 is 67.0 Å². The zero-order valence-corrected chi connectivity index (χ0v) is 58.0. The van der Waals surface area contributed by atoms with Crippen molar-refractivity contribution in [1.29, 1.82) is 0 Å². The maximum atomic E-state index is 5.22. The molecule has 496 valence electrons. The predicted octanol–water partition coefficient (Wildman–Crippen LogP) is 23.4. The first-order valence-corrected chi connectivity index (χ1v) is 35.5. The summed E-state index contributed by atoms with van der Waals surface area (Å²) in [7, 11) is 0. The first-order valence-electron chi connectivity index (χ1n) is 34.7. The number of hydrogen-bond acceptors (Lipinski definition) is 10. The Morgan fingerprint density at radius 1 is 0.229 bits per heavy atom. The summed E-state index contributed by atoms with van der Waals surface area (Å²) in [6.45, 7) is 0. The topological polar surface area (TPSA) is 128 Å². The quantitative estimate of drug-likeness (QED) is 0.149. The van der Waals surface area contributed by atoms with Gasteiger partial charge in [0.1, 0.15) is 0 Å². The lowest BCUT2D eigenvalue weighted by Gasteiger charge is -2.24. The van der Waals surface area contributed by atoms with E-state index in [1.165, 1.54) is 22.3 Å². The van der Waals surface area contributed by atoms with E-state index in [1.807, 2.05) is 133 Å². The van der Waals surface area contributed by atoms with Crippen LogP contribution < -0.4 is 10.2 Å². The van der Waals surface area contributed by atoms with Gasteiger partial charge in [-0.1, -0.05) is 295 Å². The van der Waals surface area contributed by atoms with Crippen LogP contribution in [0.25, 0.3) is 146 Å². The number of imidazole rings is 2. The standard InChI is InChI=1S/C46H30N6.C27H18BrN3.C19H13N3/c1-3-13-31(14-4-1)32-23-25-34(26-24-32)44-48-43(33-15-5-2-6-16-33)49-45(50-44)35-27-29-36(30-28-35)51-40-20-10-7-17-37(40)38-18-8-11-21-41(38)52-42-22-12-9-19-39(42)47-46(51)52;28-24-17-15-23(16-18-24)27-30-25(21-9-5-2-6-10-21)29-26(31-27)22-13-11-20(12-14-22)19-7-3-1-4-8-19;1-3-9-15-13(7-1)14-8-2-5-11-17(14)22-18-12-6-4-10-16(18)21-19(22)20-15/h1-30H;1-18H;1-12H,(H,20,21). The summed E-state index contributed by atoms with van der Waals surface area (Å²) in [5.41, 5.74) is 24.5. The smallest absolute Gasteiger partial charge is 0.220 e. The number of rotatable bonds is 9. The number of benzene rings is 14. The van der Waals surface area contributed by atoms with Gasteiger partial charge in [0, 0.05) is 71.5 Å². The SMILES string of the molecule is Brc1ccc(-c2nc(-c3ccccc3)nc(-c3ccc(-c4ccccc4)cc3)n2)cc1.c1ccc(-c2ccc(-c3nc(-c4ccccc4)nc(-c4ccc(N5c6ccccc6-c6ccccc6-n6c5nc5ccccc56)cc4)n3)cc2)cc1.c1ccc2c(c1)Nc1nc3ccccc3n1-c1ccccc1-2. The first-order chi connectivity index (χ1) is 52.0.